The molecule has 1 amide bonds. The average molecular weight is 107 g/mol. The Kier molecular flexibility index (Phi) is 0.259. The lowest BCUT2D eigenvalue weighted by molar-refractivity contribution is -0.122. The molecule has 1 aliphatic rings. The van der Waals surface area contributed by atoms with Gasteiger partial charge in [0.15, 0.2) is 0 Å². The van der Waals surface area contributed by atoms with Crippen LogP contribution in [0.1, 0.15) is 30.1 Å². The number of nitrogens with one attached hydrogen (secondary N) is 1. The summed E-state index contributed by atoms with van der Waals surface area (Å²) in [6.45, 7) is -2.95. The predicted molar refractivity (Wildman–Crippen MR) is 26.9 cm³/mol. The smallest absolute Gasteiger partial charge is 0.219 e. The Morgan fingerprint density at radius 3 is 3.43 bits per heavy atom. The maximum Gasteiger partial charge on any atom is 0.219 e. The van der Waals surface area contributed by atoms with Gasteiger partial charge in [-0.2, -0.15) is 0 Å². The van der Waals surface area contributed by atoms with Crippen LogP contribution in [0, 0.1) is 0 Å². The third-order valence-corrected chi connectivity index (χ3v) is 0.477. The zero-order chi connectivity index (χ0) is 12.3. The Morgan fingerprint density at radius 1 is 1.71 bits per heavy atom. The molecule has 1 fully saturated rings. The van der Waals surface area contributed by atoms with Crippen LogP contribution in [0.2, 0.25) is 0 Å². The number of carbonyl (C=O) groups is 1. The largest absolute Gasteiger partial charge is 0.356 e. The highest BCUT2D eigenvalue weighted by Gasteiger charge is 2.04. The molecule has 0 aromatic carbocycles. The average Bonchev–Trinajstić information content (AvgIpc) is 2.00. The van der Waals surface area contributed by atoms with Crippen molar-refractivity contribution < 1.29 is 15.8 Å². The molecule has 1 aliphatic heterocycles. The molecule has 40 valence electrons. The van der Waals surface area contributed by atoms with Crippen molar-refractivity contribution >= 4 is 5.91 Å². The summed E-state index contributed by atoms with van der Waals surface area (Å²) in [7, 11) is 0. The van der Waals surface area contributed by atoms with Crippen molar-refractivity contribution in [3.8, 4) is 0 Å². The number of amides is 1. The van der Waals surface area contributed by atoms with Crippen LogP contribution in [0.4, 0.5) is 0 Å². The first-order valence-corrected chi connectivity index (χ1v) is 1.70. The summed E-state index contributed by atoms with van der Waals surface area (Å²) in [5.41, 5.74) is 0. The molecule has 0 unspecified atom stereocenters. The van der Waals surface area contributed by atoms with Crippen LogP contribution in [0.5, 0.6) is 0 Å². The summed E-state index contributed by atoms with van der Waals surface area (Å²) in [5.74, 6) is -1.49. The molecular formula is C5H9NO. The fourth-order valence-corrected chi connectivity index (χ4v) is 0.239. The lowest BCUT2D eigenvalue weighted by Gasteiger charge is -2.08. The maximum atomic E-state index is 11.1. The molecule has 0 spiro atoms. The van der Waals surface area contributed by atoms with Gasteiger partial charge in [-0.15, -0.1) is 0 Å². The molecule has 1 N–H and O–H groups in total. The first-order chi connectivity index (χ1) is 6.38. The highest BCUT2D eigenvalue weighted by Crippen LogP contribution is 1.98. The minimum absolute atomic E-state index is 1.49. The van der Waals surface area contributed by atoms with Gasteiger partial charge in [-0.25, -0.2) is 0 Å². The van der Waals surface area contributed by atoms with Crippen LogP contribution in [-0.2, 0) is 4.79 Å². The van der Waals surface area contributed by atoms with Gasteiger partial charge >= 0.3 is 0 Å². The summed E-state index contributed by atoms with van der Waals surface area (Å²) in [5, 5.41) is 1.50. The molecule has 2 nitrogen and oxygen atoms in total. The summed E-state index contributed by atoms with van der Waals surface area (Å²) in [6.07, 6.45) is -9.51. The number of carbonyl (C=O) groups excluding carboxylic acids is 1. The van der Waals surface area contributed by atoms with Crippen LogP contribution < -0.4 is 5.32 Å². The third-order valence-electron chi connectivity index (χ3n) is 0.477. The molecule has 0 radical (unpaired) electrons. The third kappa shape index (κ3) is 1.18. The van der Waals surface area contributed by atoms with Gasteiger partial charge in [-0.3, -0.25) is 4.79 Å². The van der Waals surface area contributed by atoms with Crippen LogP contribution in [0.3, 0.4) is 0 Å². The van der Waals surface area contributed by atoms with E-state index < -0.39 is 31.5 Å². The summed E-state index contributed by atoms with van der Waals surface area (Å²) >= 11 is 0. The minimum atomic E-state index is -3.24. The van der Waals surface area contributed by atoms with Crippen molar-refractivity contribution in [2.45, 2.75) is 19.1 Å². The number of rotatable bonds is 0. The van der Waals surface area contributed by atoms with Gasteiger partial charge in [-0.05, 0) is 12.7 Å². The summed E-state index contributed by atoms with van der Waals surface area (Å²) < 4.78 is 57.5. The lowest BCUT2D eigenvalue weighted by Crippen LogP contribution is -2.28. The molecule has 1 saturated heterocycles. The van der Waals surface area contributed by atoms with E-state index >= 15 is 0 Å². The molecule has 0 saturated carbocycles. The Labute approximate surface area is 54.1 Å². The quantitative estimate of drug-likeness (QED) is 0.473. The Bertz CT molecular complexity index is 310. The zero-order valence-electron chi connectivity index (χ0n) is 11.4. The van der Waals surface area contributed by atoms with Gasteiger partial charge in [0.05, 0.1) is 0 Å². The minimum Gasteiger partial charge on any atom is -0.356 e. The maximum absolute atomic E-state index is 11.1. The predicted octanol–water partition coefficient (Wildman–Crippen LogP) is 0.286. The second kappa shape index (κ2) is 1.96. The van der Waals surface area contributed by atoms with Gasteiger partial charge in [0, 0.05) is 23.8 Å². The molecule has 0 aliphatic carbocycles. The topological polar surface area (TPSA) is 29.1 Å². The van der Waals surface area contributed by atoms with Crippen molar-refractivity contribution in [2.24, 2.45) is 0 Å². The van der Waals surface area contributed by atoms with Crippen molar-refractivity contribution in [3.63, 3.8) is 0 Å². The van der Waals surface area contributed by atoms with Crippen LogP contribution >= 0.6 is 0 Å². The molecule has 1 rings (SSSR count). The second-order valence-electron chi connectivity index (χ2n) is 0.954. The normalized spacial score (nSPS) is 67.1. The molecule has 2 heteroatoms. The zero-order valence-corrected chi connectivity index (χ0v) is 3.41. The number of piperidine rings is 1. The van der Waals surface area contributed by atoms with Gasteiger partial charge in [0.2, 0.25) is 5.91 Å². The molecule has 1 heterocycles. The Balaban J connectivity index is 3.36. The highest BCUT2D eigenvalue weighted by molar-refractivity contribution is 5.76. The fraction of sp³-hybridized carbons (Fsp3) is 0.800. The van der Waals surface area contributed by atoms with E-state index in [0.717, 1.165) is 0 Å². The van der Waals surface area contributed by atoms with Gasteiger partial charge in [0.1, 0.15) is 0 Å². The first kappa shape index (κ1) is 0.925. The highest BCUT2D eigenvalue weighted by atomic mass is 16.1. The van der Waals surface area contributed by atoms with Gasteiger partial charge in [0.25, 0.3) is 0 Å². The van der Waals surface area contributed by atoms with Gasteiger partial charge < -0.3 is 5.32 Å². The molecule has 7 heavy (non-hydrogen) atoms. The van der Waals surface area contributed by atoms with E-state index in [-0.39, 0.29) is 0 Å². The van der Waals surface area contributed by atoms with Crippen LogP contribution in [0.25, 0.3) is 0 Å². The van der Waals surface area contributed by atoms with Crippen LogP contribution in [0.15, 0.2) is 0 Å². The number of hydrogen-bond donors (Lipinski definition) is 1. The van der Waals surface area contributed by atoms with E-state index in [0.29, 0.717) is 0 Å². The Hall–Kier alpha value is -0.530. The van der Waals surface area contributed by atoms with Crippen LogP contribution in [-0.4, -0.2) is 12.4 Å². The van der Waals surface area contributed by atoms with Gasteiger partial charge in [-0.1, -0.05) is 0 Å². The van der Waals surface area contributed by atoms with E-state index in [1.54, 1.807) is 0 Å². The van der Waals surface area contributed by atoms with E-state index in [9.17, 15) is 4.79 Å². The molecule has 0 aromatic rings. The fourth-order valence-electron chi connectivity index (χ4n) is 0.239. The molecule has 0 aromatic heterocycles. The first-order valence-electron chi connectivity index (χ1n) is 5.70. The SMILES string of the molecule is [2H]C1([2H])NC(=O)C([2H])([2H])C([2H])([2H])C1([2H])[2H]. The van der Waals surface area contributed by atoms with E-state index in [1.165, 1.54) is 5.32 Å². The van der Waals surface area contributed by atoms with E-state index in [4.69, 9.17) is 11.0 Å². The second-order valence-corrected chi connectivity index (χ2v) is 0.954. The Morgan fingerprint density at radius 2 is 2.57 bits per heavy atom. The van der Waals surface area contributed by atoms with E-state index in [1.807, 2.05) is 0 Å². The van der Waals surface area contributed by atoms with Crippen molar-refractivity contribution in [1.82, 2.24) is 5.32 Å². The van der Waals surface area contributed by atoms with Crippen molar-refractivity contribution in [2.75, 3.05) is 6.50 Å². The number of hydrogen-bond acceptors (Lipinski definition) is 1. The summed E-state index contributed by atoms with van der Waals surface area (Å²) in [6, 6.07) is 0. The monoisotopic (exact) mass is 107 g/mol. The van der Waals surface area contributed by atoms with E-state index in [2.05, 4.69) is 0 Å². The standard InChI is InChI=1S/C5H9NO/c7-5-3-1-2-4-6-5/h1-4H2,(H,6,7)/i1D2,2D2,3D2,4D2. The lowest BCUT2D eigenvalue weighted by atomic mass is 10.2. The molecule has 0 bridgehead atoms. The molecular weight excluding hydrogens is 90.1 g/mol. The summed E-state index contributed by atoms with van der Waals surface area (Å²) in [4.78, 5) is 11.1. The van der Waals surface area contributed by atoms with Crippen molar-refractivity contribution in [1.29, 1.82) is 0 Å². The molecule has 0 atom stereocenters. The van der Waals surface area contributed by atoms with Crippen molar-refractivity contribution in [3.05, 3.63) is 0 Å².